The number of carbonyl (C=O) groups is 4. The summed E-state index contributed by atoms with van der Waals surface area (Å²) in [6.07, 6.45) is -0.405. The van der Waals surface area contributed by atoms with Crippen molar-refractivity contribution in [3.8, 4) is 0 Å². The first-order valence-electron chi connectivity index (χ1n) is 11.5. The van der Waals surface area contributed by atoms with Crippen LogP contribution < -0.4 is 16.0 Å². The van der Waals surface area contributed by atoms with Crippen molar-refractivity contribution in [2.75, 3.05) is 24.6 Å². The summed E-state index contributed by atoms with van der Waals surface area (Å²) in [6.45, 7) is 7.55. The first kappa shape index (κ1) is 30.1. The number of aliphatic carboxylic acids is 1. The lowest BCUT2D eigenvalue weighted by atomic mass is 10.1. The van der Waals surface area contributed by atoms with E-state index in [1.165, 1.54) is 11.8 Å². The molecule has 4 N–H and O–H groups in total. The van der Waals surface area contributed by atoms with E-state index in [9.17, 15) is 19.2 Å². The van der Waals surface area contributed by atoms with Gasteiger partial charge >= 0.3 is 18.2 Å². The molecule has 11 heteroatoms. The van der Waals surface area contributed by atoms with Gasteiger partial charge in [0.05, 0.1) is 5.75 Å². The Morgan fingerprint density at radius 3 is 2.29 bits per heavy atom. The fourth-order valence-corrected chi connectivity index (χ4v) is 3.55. The van der Waals surface area contributed by atoms with E-state index in [0.717, 1.165) is 5.56 Å². The van der Waals surface area contributed by atoms with Crippen molar-refractivity contribution in [2.45, 2.75) is 64.7 Å². The Morgan fingerprint density at radius 2 is 1.66 bits per heavy atom. The Kier molecular flexibility index (Phi) is 13.6. The molecule has 0 saturated heterocycles. The zero-order chi connectivity index (χ0) is 26.3. The number of hydrogen-bond acceptors (Lipinski definition) is 7. The van der Waals surface area contributed by atoms with Crippen molar-refractivity contribution in [3.05, 3.63) is 35.9 Å². The van der Waals surface area contributed by atoms with Crippen LogP contribution in [0.5, 0.6) is 0 Å². The number of nitrogens with one attached hydrogen (secondary N) is 3. The number of carboxylic acid groups (broad SMARTS) is 1. The maximum absolute atomic E-state index is 12.6. The highest BCUT2D eigenvalue weighted by atomic mass is 32.2. The SMILES string of the molecule is CC(OC(=O)NCCC[C@H](NC(=O)OC(C)(C)C)C(=O)NCCCSCC(=O)O)c1ccccc1. The van der Waals surface area contributed by atoms with Gasteiger partial charge in [-0.2, -0.15) is 11.8 Å². The predicted octanol–water partition coefficient (Wildman–Crippen LogP) is 3.47. The van der Waals surface area contributed by atoms with Gasteiger partial charge in [-0.25, -0.2) is 9.59 Å². The molecular formula is C24H37N3O7S. The lowest BCUT2D eigenvalue weighted by Gasteiger charge is -2.23. The normalized spacial score (nSPS) is 12.7. The van der Waals surface area contributed by atoms with Gasteiger partial charge < -0.3 is 30.5 Å². The number of rotatable bonds is 14. The van der Waals surface area contributed by atoms with Crippen LogP contribution in [0.15, 0.2) is 30.3 Å². The van der Waals surface area contributed by atoms with Crippen molar-refractivity contribution in [2.24, 2.45) is 0 Å². The van der Waals surface area contributed by atoms with Gasteiger partial charge in [-0.3, -0.25) is 9.59 Å². The number of carboxylic acids is 1. The van der Waals surface area contributed by atoms with Crippen molar-refractivity contribution < 1.29 is 33.8 Å². The molecule has 0 radical (unpaired) electrons. The minimum Gasteiger partial charge on any atom is -0.481 e. The topological polar surface area (TPSA) is 143 Å². The molecule has 1 rings (SSSR count). The lowest BCUT2D eigenvalue weighted by molar-refractivity contribution is -0.134. The second kappa shape index (κ2) is 15.9. The van der Waals surface area contributed by atoms with Crippen LogP contribution in [0.3, 0.4) is 0 Å². The van der Waals surface area contributed by atoms with Crippen LogP contribution >= 0.6 is 11.8 Å². The molecule has 3 amide bonds. The molecule has 0 aliphatic rings. The van der Waals surface area contributed by atoms with Crippen LogP contribution in [-0.2, 0) is 19.1 Å². The predicted molar refractivity (Wildman–Crippen MR) is 134 cm³/mol. The zero-order valence-electron chi connectivity index (χ0n) is 20.8. The molecule has 0 fully saturated rings. The van der Waals surface area contributed by atoms with E-state index in [4.69, 9.17) is 14.6 Å². The highest BCUT2D eigenvalue weighted by molar-refractivity contribution is 7.99. The minimum atomic E-state index is -0.882. The Labute approximate surface area is 210 Å². The second-order valence-electron chi connectivity index (χ2n) is 8.82. The lowest BCUT2D eigenvalue weighted by Crippen LogP contribution is -2.48. The molecule has 196 valence electrons. The molecule has 0 aromatic heterocycles. The number of amides is 3. The fraction of sp³-hybridized carbons (Fsp3) is 0.583. The van der Waals surface area contributed by atoms with E-state index in [0.29, 0.717) is 25.1 Å². The number of alkyl carbamates (subject to hydrolysis) is 2. The summed E-state index contributed by atoms with van der Waals surface area (Å²) in [4.78, 5) is 47.4. The molecule has 0 saturated carbocycles. The van der Waals surface area contributed by atoms with E-state index >= 15 is 0 Å². The van der Waals surface area contributed by atoms with Crippen LogP contribution in [0.25, 0.3) is 0 Å². The first-order chi connectivity index (χ1) is 16.5. The number of hydrogen-bond donors (Lipinski definition) is 4. The summed E-state index contributed by atoms with van der Waals surface area (Å²) in [5.74, 6) is -0.660. The van der Waals surface area contributed by atoms with E-state index in [1.54, 1.807) is 27.7 Å². The van der Waals surface area contributed by atoms with Gasteiger partial charge in [-0.05, 0) is 58.3 Å². The standard InChI is InChI=1S/C24H37N3O7S/c1-17(18-10-6-5-7-11-18)33-22(31)26-13-8-12-19(27-23(32)34-24(2,3)4)21(30)25-14-9-15-35-16-20(28)29/h5-7,10-11,17,19H,8-9,12-16H2,1-4H3,(H,25,30)(H,26,31)(H,27,32)(H,28,29)/t17?,19-/m0/s1. The van der Waals surface area contributed by atoms with Crippen LogP contribution in [0.4, 0.5) is 9.59 Å². The number of thioether (sulfide) groups is 1. The van der Waals surface area contributed by atoms with Crippen molar-refractivity contribution in [1.82, 2.24) is 16.0 Å². The average Bonchev–Trinajstić information content (AvgIpc) is 2.77. The quantitative estimate of drug-likeness (QED) is 0.278. The maximum Gasteiger partial charge on any atom is 0.408 e. The van der Waals surface area contributed by atoms with Crippen LogP contribution in [-0.4, -0.2) is 65.4 Å². The third-order valence-corrected chi connectivity index (χ3v) is 5.52. The molecule has 10 nitrogen and oxygen atoms in total. The van der Waals surface area contributed by atoms with Gasteiger partial charge in [0.2, 0.25) is 5.91 Å². The smallest absolute Gasteiger partial charge is 0.408 e. The third-order valence-electron chi connectivity index (χ3n) is 4.49. The van der Waals surface area contributed by atoms with E-state index in [-0.39, 0.29) is 24.6 Å². The van der Waals surface area contributed by atoms with Gasteiger partial charge in [0.25, 0.3) is 0 Å². The highest BCUT2D eigenvalue weighted by Gasteiger charge is 2.24. The summed E-state index contributed by atoms with van der Waals surface area (Å²) >= 11 is 1.27. The highest BCUT2D eigenvalue weighted by Crippen LogP contribution is 2.15. The molecule has 1 aromatic rings. The van der Waals surface area contributed by atoms with Gasteiger partial charge in [0.1, 0.15) is 17.7 Å². The van der Waals surface area contributed by atoms with E-state index in [2.05, 4.69) is 16.0 Å². The Balaban J connectivity index is 2.48. The molecule has 0 heterocycles. The fourth-order valence-electron chi connectivity index (χ4n) is 2.88. The molecule has 1 aromatic carbocycles. The zero-order valence-corrected chi connectivity index (χ0v) is 21.6. The van der Waals surface area contributed by atoms with Crippen molar-refractivity contribution in [1.29, 1.82) is 0 Å². The molecule has 35 heavy (non-hydrogen) atoms. The molecular weight excluding hydrogens is 474 g/mol. The van der Waals surface area contributed by atoms with Gasteiger partial charge in [0, 0.05) is 13.1 Å². The molecule has 0 aliphatic carbocycles. The van der Waals surface area contributed by atoms with Crippen molar-refractivity contribution in [3.63, 3.8) is 0 Å². The Bertz CT molecular complexity index is 815. The van der Waals surface area contributed by atoms with Crippen molar-refractivity contribution >= 4 is 35.8 Å². The molecule has 0 aliphatic heterocycles. The van der Waals surface area contributed by atoms with Crippen LogP contribution in [0, 0.1) is 0 Å². The van der Waals surface area contributed by atoms with Gasteiger partial charge in [-0.15, -0.1) is 0 Å². The third kappa shape index (κ3) is 14.8. The maximum atomic E-state index is 12.6. The second-order valence-corrected chi connectivity index (χ2v) is 9.92. The number of ether oxygens (including phenoxy) is 2. The largest absolute Gasteiger partial charge is 0.481 e. The monoisotopic (exact) mass is 511 g/mol. The summed E-state index contributed by atoms with van der Waals surface area (Å²) in [5.41, 5.74) is 0.162. The number of benzene rings is 1. The Morgan fingerprint density at radius 1 is 1.00 bits per heavy atom. The van der Waals surface area contributed by atoms with E-state index < -0.39 is 35.9 Å². The molecule has 0 spiro atoms. The average molecular weight is 512 g/mol. The summed E-state index contributed by atoms with van der Waals surface area (Å²) in [6, 6.07) is 8.50. The van der Waals surface area contributed by atoms with Crippen LogP contribution in [0.1, 0.15) is 58.6 Å². The van der Waals surface area contributed by atoms with Gasteiger partial charge in [-0.1, -0.05) is 30.3 Å². The number of carbonyl (C=O) groups excluding carboxylic acids is 3. The molecule has 0 bridgehead atoms. The first-order valence-corrected chi connectivity index (χ1v) is 12.7. The van der Waals surface area contributed by atoms with E-state index in [1.807, 2.05) is 30.3 Å². The minimum absolute atomic E-state index is 0.0102. The molecule has 2 atom stereocenters. The Hall–Kier alpha value is -2.95. The van der Waals surface area contributed by atoms with Crippen LogP contribution in [0.2, 0.25) is 0 Å². The molecule has 1 unspecified atom stereocenters. The summed E-state index contributed by atoms with van der Waals surface area (Å²) < 4.78 is 10.6. The summed E-state index contributed by atoms with van der Waals surface area (Å²) in [7, 11) is 0. The summed E-state index contributed by atoms with van der Waals surface area (Å²) in [5, 5.41) is 16.6. The van der Waals surface area contributed by atoms with Gasteiger partial charge in [0.15, 0.2) is 0 Å².